The van der Waals surface area contributed by atoms with Crippen molar-refractivity contribution in [1.82, 2.24) is 4.90 Å². The van der Waals surface area contributed by atoms with Gasteiger partial charge in [0.25, 0.3) is 0 Å². The van der Waals surface area contributed by atoms with Crippen molar-refractivity contribution in [2.24, 2.45) is 11.1 Å². The number of rotatable bonds is 2. The molecule has 1 amide bonds. The molecule has 0 aliphatic carbocycles. The Bertz CT molecular complexity index is 272. The maximum atomic E-state index is 12.0. The van der Waals surface area contributed by atoms with E-state index in [0.29, 0.717) is 19.0 Å². The van der Waals surface area contributed by atoms with Gasteiger partial charge in [0.2, 0.25) is 0 Å². The van der Waals surface area contributed by atoms with Gasteiger partial charge in [-0.05, 0) is 33.6 Å². The van der Waals surface area contributed by atoms with Gasteiger partial charge in [0.1, 0.15) is 5.60 Å². The van der Waals surface area contributed by atoms with Crippen molar-refractivity contribution in [3.63, 3.8) is 0 Å². The van der Waals surface area contributed by atoms with Gasteiger partial charge in [-0.25, -0.2) is 4.79 Å². The first-order chi connectivity index (χ1) is 7.82. The minimum atomic E-state index is -0.457. The van der Waals surface area contributed by atoms with Crippen LogP contribution in [-0.4, -0.2) is 42.1 Å². The summed E-state index contributed by atoms with van der Waals surface area (Å²) in [6.07, 6.45) is 1.65. The van der Waals surface area contributed by atoms with Crippen LogP contribution in [0.25, 0.3) is 0 Å². The summed E-state index contributed by atoms with van der Waals surface area (Å²) in [5.41, 5.74) is 5.18. The number of hydrogen-bond donors (Lipinski definition) is 1. The van der Waals surface area contributed by atoms with Crippen LogP contribution in [0.2, 0.25) is 0 Å². The number of carbonyl (C=O) groups is 1. The molecule has 0 bridgehead atoms. The predicted molar refractivity (Wildman–Crippen MR) is 69.2 cm³/mol. The summed E-state index contributed by atoms with van der Waals surface area (Å²) in [6.45, 7) is 7.44. The predicted octanol–water partition coefficient (Wildman–Crippen LogP) is 2.20. The lowest BCUT2D eigenvalue weighted by Gasteiger charge is -2.41. The molecule has 1 heterocycles. The molecule has 0 aromatic carbocycles. The number of nitrogens with zero attached hydrogens (tertiary/aromatic N) is 1. The molecule has 17 heavy (non-hydrogen) atoms. The second-order valence-corrected chi connectivity index (χ2v) is 6.11. The molecule has 1 saturated heterocycles. The Morgan fingerprint density at radius 3 is 2.65 bits per heavy atom. The summed E-state index contributed by atoms with van der Waals surface area (Å²) in [5.74, 6) is 0.489. The molecule has 0 spiro atoms. The van der Waals surface area contributed by atoms with Gasteiger partial charge in [-0.3, -0.25) is 0 Å². The monoisotopic (exact) mass is 262 g/mol. The number of hydrogen-bond acceptors (Lipinski definition) is 3. The second-order valence-electron chi connectivity index (χ2n) is 5.84. The van der Waals surface area contributed by atoms with Gasteiger partial charge in [0.15, 0.2) is 0 Å². The van der Waals surface area contributed by atoms with E-state index in [0.717, 1.165) is 19.4 Å². The number of halogens is 1. The maximum Gasteiger partial charge on any atom is 0.410 e. The number of nitrogens with two attached hydrogens (primary N) is 1. The van der Waals surface area contributed by atoms with Crippen LogP contribution >= 0.6 is 11.6 Å². The van der Waals surface area contributed by atoms with E-state index in [9.17, 15) is 4.79 Å². The molecule has 1 rings (SSSR count). The first kappa shape index (κ1) is 14.6. The quantitative estimate of drug-likeness (QED) is 0.777. The van der Waals surface area contributed by atoms with Crippen LogP contribution in [0.1, 0.15) is 33.6 Å². The van der Waals surface area contributed by atoms with Crippen LogP contribution in [0, 0.1) is 5.41 Å². The average Bonchev–Trinajstić information content (AvgIpc) is 2.27. The molecule has 1 aliphatic heterocycles. The molecule has 100 valence electrons. The summed E-state index contributed by atoms with van der Waals surface area (Å²) in [6, 6.07) is 0. The number of alkyl halides is 1. The third-order valence-corrected chi connectivity index (χ3v) is 3.60. The fourth-order valence-electron chi connectivity index (χ4n) is 2.02. The van der Waals surface area contributed by atoms with Crippen LogP contribution in [0.3, 0.4) is 0 Å². The molecular weight excluding hydrogens is 240 g/mol. The molecule has 1 aliphatic rings. The van der Waals surface area contributed by atoms with E-state index in [-0.39, 0.29) is 11.5 Å². The highest BCUT2D eigenvalue weighted by atomic mass is 35.5. The second kappa shape index (κ2) is 5.44. The first-order valence-electron chi connectivity index (χ1n) is 6.06. The number of carbonyl (C=O) groups excluding carboxylic acids is 1. The van der Waals surface area contributed by atoms with Crippen LogP contribution in [0.4, 0.5) is 4.79 Å². The van der Waals surface area contributed by atoms with E-state index in [1.165, 1.54) is 0 Å². The van der Waals surface area contributed by atoms with E-state index in [1.807, 2.05) is 20.8 Å². The molecular formula is C12H23ClN2O2. The minimum Gasteiger partial charge on any atom is -0.444 e. The van der Waals surface area contributed by atoms with Crippen LogP contribution in [0.15, 0.2) is 0 Å². The van der Waals surface area contributed by atoms with Crippen molar-refractivity contribution in [3.8, 4) is 0 Å². The SMILES string of the molecule is CC(C)(C)OC(=O)N1CCCC(CN)(CCl)C1. The van der Waals surface area contributed by atoms with Crippen molar-refractivity contribution < 1.29 is 9.53 Å². The number of piperidine rings is 1. The largest absolute Gasteiger partial charge is 0.444 e. The Morgan fingerprint density at radius 1 is 1.53 bits per heavy atom. The number of amides is 1. The molecule has 5 heteroatoms. The highest BCUT2D eigenvalue weighted by Crippen LogP contribution is 2.30. The van der Waals surface area contributed by atoms with Crippen LogP contribution < -0.4 is 5.73 Å². The summed E-state index contributed by atoms with van der Waals surface area (Å²) < 4.78 is 5.36. The van der Waals surface area contributed by atoms with Gasteiger partial charge >= 0.3 is 6.09 Å². The van der Waals surface area contributed by atoms with Crippen LogP contribution in [-0.2, 0) is 4.74 Å². The molecule has 0 aromatic heterocycles. The van der Waals surface area contributed by atoms with Crippen molar-refractivity contribution in [2.45, 2.75) is 39.2 Å². The molecule has 0 saturated carbocycles. The van der Waals surface area contributed by atoms with Crippen molar-refractivity contribution >= 4 is 17.7 Å². The normalized spacial score (nSPS) is 25.8. The lowest BCUT2D eigenvalue weighted by molar-refractivity contribution is 0.00836. The molecule has 1 fully saturated rings. The van der Waals surface area contributed by atoms with Gasteiger partial charge in [-0.2, -0.15) is 0 Å². The molecule has 2 N–H and O–H groups in total. The van der Waals surface area contributed by atoms with Crippen molar-refractivity contribution in [2.75, 3.05) is 25.5 Å². The Morgan fingerprint density at radius 2 is 2.18 bits per heavy atom. The van der Waals surface area contributed by atoms with E-state index in [4.69, 9.17) is 22.1 Å². The zero-order valence-electron chi connectivity index (χ0n) is 11.0. The topological polar surface area (TPSA) is 55.6 Å². The Balaban J connectivity index is 2.63. The van der Waals surface area contributed by atoms with E-state index >= 15 is 0 Å². The highest BCUT2D eigenvalue weighted by Gasteiger charge is 2.36. The zero-order valence-corrected chi connectivity index (χ0v) is 11.7. The third kappa shape index (κ3) is 4.03. The summed E-state index contributed by atoms with van der Waals surface area (Å²) in [5, 5.41) is 0. The van der Waals surface area contributed by atoms with Gasteiger partial charge in [-0.1, -0.05) is 0 Å². The van der Waals surface area contributed by atoms with Crippen molar-refractivity contribution in [1.29, 1.82) is 0 Å². The third-order valence-electron chi connectivity index (χ3n) is 3.03. The minimum absolute atomic E-state index is 0.142. The Hall–Kier alpha value is -0.480. The first-order valence-corrected chi connectivity index (χ1v) is 6.59. The van der Waals surface area contributed by atoms with Gasteiger partial charge in [0, 0.05) is 30.9 Å². The summed E-state index contributed by atoms with van der Waals surface area (Å²) in [4.78, 5) is 13.7. The molecule has 0 aromatic rings. The van der Waals surface area contributed by atoms with Gasteiger partial charge in [-0.15, -0.1) is 11.6 Å². The summed E-state index contributed by atoms with van der Waals surface area (Å²) in [7, 11) is 0. The Labute approximate surface area is 108 Å². The highest BCUT2D eigenvalue weighted by molar-refractivity contribution is 6.18. The fourth-order valence-corrected chi connectivity index (χ4v) is 2.35. The standard InChI is InChI=1S/C12H23ClN2O2/c1-11(2,3)17-10(16)15-6-4-5-12(7-13,8-14)9-15/h4-9,14H2,1-3H3. The Kier molecular flexibility index (Phi) is 4.67. The van der Waals surface area contributed by atoms with E-state index < -0.39 is 5.60 Å². The van der Waals surface area contributed by atoms with Crippen LogP contribution in [0.5, 0.6) is 0 Å². The maximum absolute atomic E-state index is 12.0. The van der Waals surface area contributed by atoms with Gasteiger partial charge < -0.3 is 15.4 Å². The number of ether oxygens (including phenoxy) is 1. The lowest BCUT2D eigenvalue weighted by Crippen LogP contribution is -2.51. The molecule has 4 nitrogen and oxygen atoms in total. The molecule has 0 radical (unpaired) electrons. The average molecular weight is 263 g/mol. The van der Waals surface area contributed by atoms with Crippen molar-refractivity contribution in [3.05, 3.63) is 0 Å². The zero-order chi connectivity index (χ0) is 13.1. The summed E-state index contributed by atoms with van der Waals surface area (Å²) >= 11 is 5.98. The number of likely N-dealkylation sites (tertiary alicyclic amines) is 1. The van der Waals surface area contributed by atoms with Gasteiger partial charge in [0.05, 0.1) is 0 Å². The van der Waals surface area contributed by atoms with E-state index in [2.05, 4.69) is 0 Å². The van der Waals surface area contributed by atoms with E-state index in [1.54, 1.807) is 4.90 Å². The lowest BCUT2D eigenvalue weighted by atomic mass is 9.82. The molecule has 1 atom stereocenters. The molecule has 1 unspecified atom stereocenters. The fraction of sp³-hybridized carbons (Fsp3) is 0.917. The smallest absolute Gasteiger partial charge is 0.410 e.